The molecule has 0 aliphatic heterocycles. The molecule has 70 valence electrons. The van der Waals surface area contributed by atoms with E-state index in [2.05, 4.69) is 6.58 Å². The fourth-order valence-corrected chi connectivity index (χ4v) is 1.80. The van der Waals surface area contributed by atoms with E-state index in [9.17, 15) is 0 Å². The second kappa shape index (κ2) is 5.36. The normalized spacial score (nSPS) is 20.1. The van der Waals surface area contributed by atoms with Gasteiger partial charge >= 0.3 is 0 Å². The molecular weight excluding hydrogens is 146 g/mol. The average Bonchev–Trinajstić information content (AvgIpc) is 1.98. The molecule has 0 bridgehead atoms. The molecule has 0 heterocycles. The Balaban J connectivity index is 1.94. The van der Waals surface area contributed by atoms with Crippen LogP contribution in [0.25, 0.3) is 0 Å². The van der Waals surface area contributed by atoms with Crippen LogP contribution in [0.1, 0.15) is 44.9 Å². The highest BCUT2D eigenvalue weighted by molar-refractivity contribution is 4.76. The van der Waals surface area contributed by atoms with Crippen molar-refractivity contribution >= 4 is 0 Å². The number of allylic oxidation sites excluding steroid dienone is 1. The van der Waals surface area contributed by atoms with Gasteiger partial charge in [0.25, 0.3) is 0 Å². The van der Waals surface area contributed by atoms with E-state index < -0.39 is 0 Å². The molecule has 1 fully saturated rings. The molecule has 0 aromatic heterocycles. The average molecular weight is 167 g/mol. The van der Waals surface area contributed by atoms with Crippen LogP contribution >= 0.6 is 0 Å². The van der Waals surface area contributed by atoms with Gasteiger partial charge in [-0.05, 0) is 31.6 Å². The van der Waals surface area contributed by atoms with Gasteiger partial charge in [-0.3, -0.25) is 0 Å². The molecule has 0 radical (unpaired) electrons. The number of hydrogen-bond acceptors (Lipinski definition) is 1. The zero-order valence-electron chi connectivity index (χ0n) is 7.97. The summed E-state index contributed by atoms with van der Waals surface area (Å²) in [4.78, 5) is 0. The van der Waals surface area contributed by atoms with Gasteiger partial charge in [0.05, 0.1) is 0 Å². The van der Waals surface area contributed by atoms with Crippen LogP contribution in [0.5, 0.6) is 0 Å². The van der Waals surface area contributed by atoms with Crippen molar-refractivity contribution in [1.29, 1.82) is 0 Å². The highest BCUT2D eigenvalue weighted by Crippen LogP contribution is 2.30. The Labute approximate surface area is 76.0 Å². The van der Waals surface area contributed by atoms with Crippen LogP contribution in [-0.2, 0) is 0 Å². The number of hydrogen-bond donors (Lipinski definition) is 1. The summed E-state index contributed by atoms with van der Waals surface area (Å²) in [6.07, 6.45) is 11.1. The van der Waals surface area contributed by atoms with E-state index in [1.807, 2.05) is 6.08 Å². The summed E-state index contributed by atoms with van der Waals surface area (Å²) in [5.41, 5.74) is 5.99. The minimum Gasteiger partial charge on any atom is -0.328 e. The highest BCUT2D eigenvalue weighted by atomic mass is 14.6. The van der Waals surface area contributed by atoms with Crippen molar-refractivity contribution in [3.63, 3.8) is 0 Å². The fraction of sp³-hybridized carbons (Fsp3) is 0.818. The lowest BCUT2D eigenvalue weighted by atomic mass is 9.80. The van der Waals surface area contributed by atoms with E-state index in [1.165, 1.54) is 38.5 Å². The standard InChI is InChI=1S/C11H21N/c1-2-3-4-8-11(12)9-10-6-5-7-10/h2,10-11H,1,3-9,12H2. The first-order valence-electron chi connectivity index (χ1n) is 5.19. The van der Waals surface area contributed by atoms with Gasteiger partial charge in [-0.15, -0.1) is 6.58 Å². The first-order chi connectivity index (χ1) is 5.83. The van der Waals surface area contributed by atoms with Gasteiger partial charge in [-0.1, -0.05) is 25.3 Å². The van der Waals surface area contributed by atoms with Gasteiger partial charge in [-0.2, -0.15) is 0 Å². The molecule has 1 atom stereocenters. The molecule has 0 aromatic rings. The summed E-state index contributed by atoms with van der Waals surface area (Å²) in [5.74, 6) is 0.962. The van der Waals surface area contributed by atoms with E-state index >= 15 is 0 Å². The van der Waals surface area contributed by atoms with Crippen molar-refractivity contribution in [2.45, 2.75) is 51.0 Å². The molecule has 1 rings (SSSR count). The summed E-state index contributed by atoms with van der Waals surface area (Å²) in [6.45, 7) is 3.70. The number of rotatable bonds is 6. The lowest BCUT2D eigenvalue weighted by Crippen LogP contribution is -2.26. The Bertz CT molecular complexity index is 127. The maximum absolute atomic E-state index is 5.99. The monoisotopic (exact) mass is 167 g/mol. The Morgan fingerprint density at radius 1 is 1.50 bits per heavy atom. The van der Waals surface area contributed by atoms with E-state index in [0.717, 1.165) is 12.3 Å². The van der Waals surface area contributed by atoms with Crippen LogP contribution in [-0.4, -0.2) is 6.04 Å². The molecule has 1 saturated carbocycles. The van der Waals surface area contributed by atoms with Crippen LogP contribution in [0.2, 0.25) is 0 Å². The van der Waals surface area contributed by atoms with Gasteiger partial charge in [0, 0.05) is 6.04 Å². The molecule has 0 aromatic carbocycles. The summed E-state index contributed by atoms with van der Waals surface area (Å²) >= 11 is 0. The SMILES string of the molecule is C=CCCCC(N)CC1CCC1. The van der Waals surface area contributed by atoms with Crippen LogP contribution in [0, 0.1) is 5.92 Å². The predicted molar refractivity (Wildman–Crippen MR) is 54.0 cm³/mol. The second-order valence-electron chi connectivity index (χ2n) is 4.01. The minimum atomic E-state index is 0.454. The molecule has 0 amide bonds. The molecule has 1 aliphatic carbocycles. The maximum Gasteiger partial charge on any atom is 0.00415 e. The van der Waals surface area contributed by atoms with Crippen molar-refractivity contribution in [1.82, 2.24) is 0 Å². The van der Waals surface area contributed by atoms with Gasteiger partial charge in [-0.25, -0.2) is 0 Å². The molecule has 1 nitrogen and oxygen atoms in total. The zero-order valence-corrected chi connectivity index (χ0v) is 7.97. The van der Waals surface area contributed by atoms with E-state index in [1.54, 1.807) is 0 Å². The Morgan fingerprint density at radius 2 is 2.25 bits per heavy atom. The molecule has 1 heteroatoms. The van der Waals surface area contributed by atoms with Crippen LogP contribution in [0.3, 0.4) is 0 Å². The molecule has 1 aliphatic rings. The lowest BCUT2D eigenvalue weighted by molar-refractivity contribution is 0.271. The first-order valence-corrected chi connectivity index (χ1v) is 5.19. The van der Waals surface area contributed by atoms with Crippen molar-refractivity contribution in [2.75, 3.05) is 0 Å². The van der Waals surface area contributed by atoms with Gasteiger partial charge in [0.1, 0.15) is 0 Å². The molecule has 1 unspecified atom stereocenters. The number of nitrogens with two attached hydrogens (primary N) is 1. The van der Waals surface area contributed by atoms with Crippen LogP contribution in [0.4, 0.5) is 0 Å². The minimum absolute atomic E-state index is 0.454. The topological polar surface area (TPSA) is 26.0 Å². The Morgan fingerprint density at radius 3 is 2.75 bits per heavy atom. The molecule has 2 N–H and O–H groups in total. The van der Waals surface area contributed by atoms with Crippen molar-refractivity contribution in [3.05, 3.63) is 12.7 Å². The van der Waals surface area contributed by atoms with Crippen LogP contribution < -0.4 is 5.73 Å². The van der Waals surface area contributed by atoms with Crippen molar-refractivity contribution in [2.24, 2.45) is 11.7 Å². The molecule has 0 spiro atoms. The Hall–Kier alpha value is -0.300. The fourth-order valence-electron chi connectivity index (χ4n) is 1.80. The Kier molecular flexibility index (Phi) is 4.37. The smallest absolute Gasteiger partial charge is 0.00415 e. The highest BCUT2D eigenvalue weighted by Gasteiger charge is 2.19. The second-order valence-corrected chi connectivity index (χ2v) is 4.01. The third-order valence-electron chi connectivity index (χ3n) is 2.84. The summed E-state index contributed by atoms with van der Waals surface area (Å²) in [7, 11) is 0. The van der Waals surface area contributed by atoms with Gasteiger partial charge in [0.2, 0.25) is 0 Å². The van der Waals surface area contributed by atoms with Crippen molar-refractivity contribution < 1.29 is 0 Å². The number of unbranched alkanes of at least 4 members (excludes halogenated alkanes) is 1. The summed E-state index contributed by atoms with van der Waals surface area (Å²) in [5, 5.41) is 0. The molecule has 0 saturated heterocycles. The predicted octanol–water partition coefficient (Wildman–Crippen LogP) is 2.86. The van der Waals surface area contributed by atoms with Gasteiger partial charge in [0.15, 0.2) is 0 Å². The van der Waals surface area contributed by atoms with E-state index in [4.69, 9.17) is 5.73 Å². The lowest BCUT2D eigenvalue weighted by Gasteiger charge is -2.27. The summed E-state index contributed by atoms with van der Waals surface area (Å²) in [6, 6.07) is 0.454. The quantitative estimate of drug-likeness (QED) is 0.478. The van der Waals surface area contributed by atoms with E-state index in [0.29, 0.717) is 6.04 Å². The van der Waals surface area contributed by atoms with Crippen LogP contribution in [0.15, 0.2) is 12.7 Å². The summed E-state index contributed by atoms with van der Waals surface area (Å²) < 4.78 is 0. The first kappa shape index (κ1) is 9.79. The van der Waals surface area contributed by atoms with Crippen molar-refractivity contribution in [3.8, 4) is 0 Å². The third kappa shape index (κ3) is 3.40. The third-order valence-corrected chi connectivity index (χ3v) is 2.84. The van der Waals surface area contributed by atoms with E-state index in [-0.39, 0.29) is 0 Å². The zero-order chi connectivity index (χ0) is 8.81. The molecular formula is C11H21N. The maximum atomic E-state index is 5.99. The van der Waals surface area contributed by atoms with Gasteiger partial charge < -0.3 is 5.73 Å². The largest absolute Gasteiger partial charge is 0.328 e. The molecule has 12 heavy (non-hydrogen) atoms.